The lowest BCUT2D eigenvalue weighted by Gasteiger charge is -2.13. The molecular weight excluding hydrogens is 292 g/mol. The third-order valence-corrected chi connectivity index (χ3v) is 3.31. The van der Waals surface area contributed by atoms with Gasteiger partial charge in [0.2, 0.25) is 0 Å². The van der Waals surface area contributed by atoms with Crippen molar-refractivity contribution in [3.63, 3.8) is 0 Å². The van der Waals surface area contributed by atoms with E-state index in [0.29, 0.717) is 19.4 Å². The average Bonchev–Trinajstić information content (AvgIpc) is 2.55. The van der Waals surface area contributed by atoms with Gasteiger partial charge in [-0.05, 0) is 55.2 Å². The molecule has 0 atom stereocenters. The maximum Gasteiger partial charge on any atom is 0.303 e. The van der Waals surface area contributed by atoms with Crippen LogP contribution in [0, 0.1) is 0 Å². The molecule has 0 aliphatic rings. The van der Waals surface area contributed by atoms with Gasteiger partial charge in [0.15, 0.2) is 0 Å². The Hall–Kier alpha value is -2.49. The van der Waals surface area contributed by atoms with Crippen molar-refractivity contribution in [3.8, 4) is 17.2 Å². The van der Waals surface area contributed by atoms with Crippen molar-refractivity contribution < 1.29 is 19.4 Å². The third kappa shape index (κ3) is 5.66. The highest BCUT2D eigenvalue weighted by Crippen LogP contribution is 2.29. The molecule has 2 rings (SSSR count). The first-order valence-corrected chi connectivity index (χ1v) is 7.89. The Morgan fingerprint density at radius 1 is 1.09 bits per heavy atom. The van der Waals surface area contributed by atoms with E-state index in [2.05, 4.69) is 6.92 Å². The molecule has 2 aromatic rings. The molecule has 0 aliphatic carbocycles. The van der Waals surface area contributed by atoms with Crippen molar-refractivity contribution in [2.75, 3.05) is 6.61 Å². The van der Waals surface area contributed by atoms with E-state index < -0.39 is 5.97 Å². The number of hydrogen-bond acceptors (Lipinski definition) is 3. The minimum Gasteiger partial charge on any atom is -0.493 e. The largest absolute Gasteiger partial charge is 0.493 e. The van der Waals surface area contributed by atoms with Crippen LogP contribution in [0.5, 0.6) is 17.2 Å². The van der Waals surface area contributed by atoms with E-state index in [1.165, 1.54) is 0 Å². The predicted molar refractivity (Wildman–Crippen MR) is 89.3 cm³/mol. The van der Waals surface area contributed by atoms with E-state index in [4.69, 9.17) is 14.6 Å². The molecule has 2 aromatic carbocycles. The molecule has 0 heterocycles. The maximum absolute atomic E-state index is 10.7. The SMILES string of the molecule is CCCOc1ccc(Oc2ccccc2)cc1CCCC(=O)O. The van der Waals surface area contributed by atoms with Crippen LogP contribution in [0.25, 0.3) is 0 Å². The Labute approximate surface area is 136 Å². The molecule has 0 unspecified atom stereocenters. The summed E-state index contributed by atoms with van der Waals surface area (Å²) in [5.74, 6) is 1.52. The summed E-state index contributed by atoms with van der Waals surface area (Å²) in [5.41, 5.74) is 0.980. The van der Waals surface area contributed by atoms with Gasteiger partial charge in [0.05, 0.1) is 6.61 Å². The molecule has 0 spiro atoms. The lowest BCUT2D eigenvalue weighted by molar-refractivity contribution is -0.137. The number of rotatable bonds is 9. The number of carbonyl (C=O) groups is 1. The van der Waals surface area contributed by atoms with E-state index in [0.717, 1.165) is 29.2 Å². The second-order valence-corrected chi connectivity index (χ2v) is 5.28. The van der Waals surface area contributed by atoms with Crippen LogP contribution < -0.4 is 9.47 Å². The second kappa shape index (κ2) is 8.83. The number of ether oxygens (including phenoxy) is 2. The molecule has 0 saturated carbocycles. The molecule has 0 radical (unpaired) electrons. The van der Waals surface area contributed by atoms with Gasteiger partial charge in [-0.25, -0.2) is 0 Å². The molecule has 0 amide bonds. The smallest absolute Gasteiger partial charge is 0.303 e. The number of carboxylic acids is 1. The number of para-hydroxylation sites is 1. The molecule has 4 heteroatoms. The van der Waals surface area contributed by atoms with Crippen LogP contribution >= 0.6 is 0 Å². The van der Waals surface area contributed by atoms with Gasteiger partial charge < -0.3 is 14.6 Å². The van der Waals surface area contributed by atoms with Crippen molar-refractivity contribution in [2.45, 2.75) is 32.6 Å². The molecule has 23 heavy (non-hydrogen) atoms. The lowest BCUT2D eigenvalue weighted by atomic mass is 10.1. The summed E-state index contributed by atoms with van der Waals surface area (Å²) in [6, 6.07) is 15.3. The number of aryl methyl sites for hydroxylation is 1. The summed E-state index contributed by atoms with van der Waals surface area (Å²) in [6.07, 6.45) is 2.30. The van der Waals surface area contributed by atoms with Gasteiger partial charge in [-0.3, -0.25) is 4.79 Å². The highest BCUT2D eigenvalue weighted by atomic mass is 16.5. The summed E-state index contributed by atoms with van der Waals surface area (Å²) in [5, 5.41) is 8.80. The fourth-order valence-corrected chi connectivity index (χ4v) is 2.22. The minimum absolute atomic E-state index is 0.150. The third-order valence-electron chi connectivity index (χ3n) is 3.31. The number of aliphatic carboxylic acids is 1. The molecular formula is C19H22O4. The standard InChI is InChI=1S/C19H22O4/c1-2-13-22-18-12-11-17(23-16-8-4-3-5-9-16)14-15(18)7-6-10-19(20)21/h3-5,8-9,11-12,14H,2,6-7,10,13H2,1H3,(H,20,21). The normalized spacial score (nSPS) is 10.3. The van der Waals surface area contributed by atoms with Crippen LogP contribution in [0.3, 0.4) is 0 Å². The van der Waals surface area contributed by atoms with Crippen molar-refractivity contribution in [1.82, 2.24) is 0 Å². The molecule has 0 fully saturated rings. The Balaban J connectivity index is 2.12. The Kier molecular flexibility index (Phi) is 6.48. The minimum atomic E-state index is -0.780. The fraction of sp³-hybridized carbons (Fsp3) is 0.316. The molecule has 0 saturated heterocycles. The predicted octanol–water partition coefficient (Wildman–Crippen LogP) is 4.68. The van der Waals surface area contributed by atoms with E-state index in [-0.39, 0.29) is 6.42 Å². The summed E-state index contributed by atoms with van der Waals surface area (Å²) in [6.45, 7) is 2.70. The first kappa shape index (κ1) is 16.9. The molecule has 122 valence electrons. The van der Waals surface area contributed by atoms with Gasteiger partial charge in [0, 0.05) is 6.42 Å². The highest BCUT2D eigenvalue weighted by molar-refractivity contribution is 5.66. The quantitative estimate of drug-likeness (QED) is 0.730. The van der Waals surface area contributed by atoms with Crippen LogP contribution in [0.1, 0.15) is 31.7 Å². The van der Waals surface area contributed by atoms with E-state index in [1.807, 2.05) is 48.5 Å². The zero-order chi connectivity index (χ0) is 16.5. The van der Waals surface area contributed by atoms with Crippen molar-refractivity contribution >= 4 is 5.97 Å². The van der Waals surface area contributed by atoms with Gasteiger partial charge in [0.1, 0.15) is 17.2 Å². The van der Waals surface area contributed by atoms with Crippen molar-refractivity contribution in [2.24, 2.45) is 0 Å². The van der Waals surface area contributed by atoms with Crippen LogP contribution in [0.15, 0.2) is 48.5 Å². The highest BCUT2D eigenvalue weighted by Gasteiger charge is 2.08. The number of carboxylic acid groups (broad SMARTS) is 1. The summed E-state index contributed by atoms with van der Waals surface area (Å²) < 4.78 is 11.6. The van der Waals surface area contributed by atoms with E-state index in [1.54, 1.807) is 0 Å². The van der Waals surface area contributed by atoms with Crippen molar-refractivity contribution in [3.05, 3.63) is 54.1 Å². The van der Waals surface area contributed by atoms with Gasteiger partial charge >= 0.3 is 5.97 Å². The molecule has 1 N–H and O–H groups in total. The second-order valence-electron chi connectivity index (χ2n) is 5.28. The molecule has 4 nitrogen and oxygen atoms in total. The molecule has 0 bridgehead atoms. The lowest BCUT2D eigenvalue weighted by Crippen LogP contribution is -2.01. The topological polar surface area (TPSA) is 55.8 Å². The van der Waals surface area contributed by atoms with Crippen molar-refractivity contribution in [1.29, 1.82) is 0 Å². The number of hydrogen-bond donors (Lipinski definition) is 1. The number of benzene rings is 2. The summed E-state index contributed by atoms with van der Waals surface area (Å²) >= 11 is 0. The van der Waals surface area contributed by atoms with Gasteiger partial charge in [-0.1, -0.05) is 25.1 Å². The summed E-state index contributed by atoms with van der Waals surface area (Å²) in [7, 11) is 0. The fourth-order valence-electron chi connectivity index (χ4n) is 2.22. The van der Waals surface area contributed by atoms with Crippen LogP contribution in [-0.4, -0.2) is 17.7 Å². The van der Waals surface area contributed by atoms with Crippen LogP contribution in [-0.2, 0) is 11.2 Å². The van der Waals surface area contributed by atoms with Gasteiger partial charge in [-0.15, -0.1) is 0 Å². The van der Waals surface area contributed by atoms with Gasteiger partial charge in [-0.2, -0.15) is 0 Å². The summed E-state index contributed by atoms with van der Waals surface area (Å²) in [4.78, 5) is 10.7. The van der Waals surface area contributed by atoms with E-state index in [9.17, 15) is 4.79 Å². The molecule has 0 aromatic heterocycles. The maximum atomic E-state index is 10.7. The zero-order valence-corrected chi connectivity index (χ0v) is 13.3. The average molecular weight is 314 g/mol. The first-order chi connectivity index (χ1) is 11.2. The van der Waals surface area contributed by atoms with Crippen LogP contribution in [0.2, 0.25) is 0 Å². The Morgan fingerprint density at radius 2 is 1.87 bits per heavy atom. The monoisotopic (exact) mass is 314 g/mol. The Bertz CT molecular complexity index is 623. The van der Waals surface area contributed by atoms with Crippen LogP contribution in [0.4, 0.5) is 0 Å². The zero-order valence-electron chi connectivity index (χ0n) is 13.3. The van der Waals surface area contributed by atoms with Gasteiger partial charge in [0.25, 0.3) is 0 Å². The molecule has 0 aliphatic heterocycles. The Morgan fingerprint density at radius 3 is 2.57 bits per heavy atom. The van der Waals surface area contributed by atoms with E-state index >= 15 is 0 Å². The first-order valence-electron chi connectivity index (χ1n) is 7.89.